The Hall–Kier alpha value is -0.380. The summed E-state index contributed by atoms with van der Waals surface area (Å²) in [5.74, 6) is -0.0967. The van der Waals surface area contributed by atoms with Crippen LogP contribution in [0.1, 0.15) is 34.6 Å². The molecule has 0 aromatic rings. The van der Waals surface area contributed by atoms with Crippen LogP contribution in [0.3, 0.4) is 0 Å². The molecule has 0 fully saturated rings. The van der Waals surface area contributed by atoms with Crippen molar-refractivity contribution in [2.75, 3.05) is 0 Å². The minimum Gasteiger partial charge on any atom is -0.343 e. The normalized spacial score (nSPS) is 17.4. The molecule has 1 amide bonds. The Morgan fingerprint density at radius 2 is 1.71 bits per heavy atom. The van der Waals surface area contributed by atoms with Gasteiger partial charge in [-0.1, -0.05) is 29.8 Å². The second kappa shape index (κ2) is 4.91. The van der Waals surface area contributed by atoms with Crippen LogP contribution in [-0.4, -0.2) is 22.1 Å². The summed E-state index contributed by atoms with van der Waals surface area (Å²) >= 11 is 3.17. The topological polar surface area (TPSA) is 46.2 Å². The zero-order valence-electron chi connectivity index (χ0n) is 9.35. The third kappa shape index (κ3) is 3.08. The second-order valence-corrected chi connectivity index (χ2v) is 5.39. The van der Waals surface area contributed by atoms with Crippen molar-refractivity contribution in [3.63, 3.8) is 0 Å². The van der Waals surface area contributed by atoms with Crippen LogP contribution < -0.4 is 5.32 Å². The molecule has 4 heteroatoms. The fourth-order valence-electron chi connectivity index (χ4n) is 0.994. The van der Waals surface area contributed by atoms with E-state index in [2.05, 4.69) is 21.2 Å². The van der Waals surface area contributed by atoms with E-state index >= 15 is 0 Å². The minimum absolute atomic E-state index is 0.0194. The number of hydrogen-bond acceptors (Lipinski definition) is 2. The third-order valence-corrected chi connectivity index (χ3v) is 3.05. The molecule has 0 heterocycles. The summed E-state index contributed by atoms with van der Waals surface area (Å²) in [7, 11) is 0. The van der Waals surface area contributed by atoms with Gasteiger partial charge in [0.05, 0.1) is 10.4 Å². The Bertz CT molecular complexity index is 238. The standard InChI is InChI=1S/C10H18BrNO2/c1-6(2)10(5,8(4)13)12-9(14)7(3)11/h6-7H,1-5H3,(H,12,14). The van der Waals surface area contributed by atoms with Crippen LogP contribution in [0.4, 0.5) is 0 Å². The van der Waals surface area contributed by atoms with Crippen molar-refractivity contribution in [3.8, 4) is 0 Å². The van der Waals surface area contributed by atoms with Gasteiger partial charge < -0.3 is 5.32 Å². The van der Waals surface area contributed by atoms with E-state index in [0.29, 0.717) is 0 Å². The van der Waals surface area contributed by atoms with Crippen LogP contribution in [0.2, 0.25) is 0 Å². The van der Waals surface area contributed by atoms with Crippen LogP contribution in [0, 0.1) is 5.92 Å². The van der Waals surface area contributed by atoms with Gasteiger partial charge in [-0.05, 0) is 26.7 Å². The van der Waals surface area contributed by atoms with Gasteiger partial charge in [0.1, 0.15) is 0 Å². The molecule has 0 aromatic heterocycles. The zero-order chi connectivity index (χ0) is 11.5. The predicted octanol–water partition coefficient (Wildman–Crippen LogP) is 1.89. The van der Waals surface area contributed by atoms with E-state index in [1.807, 2.05) is 13.8 Å². The molecule has 0 saturated carbocycles. The molecule has 0 radical (unpaired) electrons. The van der Waals surface area contributed by atoms with Crippen LogP contribution >= 0.6 is 15.9 Å². The number of Topliss-reactive ketones (excluding diaryl/α,β-unsaturated/α-hetero) is 1. The molecule has 2 atom stereocenters. The first-order chi connectivity index (χ1) is 6.21. The van der Waals surface area contributed by atoms with Crippen molar-refractivity contribution in [2.24, 2.45) is 5.92 Å². The van der Waals surface area contributed by atoms with Crippen LogP contribution in [-0.2, 0) is 9.59 Å². The highest BCUT2D eigenvalue weighted by atomic mass is 79.9. The highest BCUT2D eigenvalue weighted by molar-refractivity contribution is 9.10. The number of nitrogens with one attached hydrogen (secondary N) is 1. The summed E-state index contributed by atoms with van der Waals surface area (Å²) in [6.07, 6.45) is 0. The Balaban J connectivity index is 4.71. The molecule has 0 bridgehead atoms. The number of hydrogen-bond donors (Lipinski definition) is 1. The lowest BCUT2D eigenvalue weighted by Gasteiger charge is -2.32. The fourth-order valence-corrected chi connectivity index (χ4v) is 1.11. The van der Waals surface area contributed by atoms with Crippen molar-refractivity contribution < 1.29 is 9.59 Å². The fraction of sp³-hybridized carbons (Fsp3) is 0.800. The third-order valence-electron chi connectivity index (χ3n) is 2.63. The number of amides is 1. The summed E-state index contributed by atoms with van der Waals surface area (Å²) in [4.78, 5) is 22.6. The van der Waals surface area contributed by atoms with Crippen LogP contribution in [0.15, 0.2) is 0 Å². The molecule has 2 unspecified atom stereocenters. The van der Waals surface area contributed by atoms with Gasteiger partial charge in [-0.3, -0.25) is 9.59 Å². The van der Waals surface area contributed by atoms with Crippen molar-refractivity contribution in [3.05, 3.63) is 0 Å². The number of carbonyl (C=O) groups excluding carboxylic acids is 2. The smallest absolute Gasteiger partial charge is 0.234 e. The van der Waals surface area contributed by atoms with Gasteiger partial charge in [0.2, 0.25) is 5.91 Å². The SMILES string of the molecule is CC(=O)C(C)(NC(=O)C(C)Br)C(C)C. The maximum atomic E-state index is 11.5. The molecular formula is C10H18BrNO2. The van der Waals surface area contributed by atoms with Crippen molar-refractivity contribution in [1.29, 1.82) is 0 Å². The molecular weight excluding hydrogens is 246 g/mol. The Labute approximate surface area is 93.8 Å². The lowest BCUT2D eigenvalue weighted by molar-refractivity contribution is -0.131. The maximum absolute atomic E-state index is 11.5. The molecule has 14 heavy (non-hydrogen) atoms. The van der Waals surface area contributed by atoms with Gasteiger partial charge in [-0.2, -0.15) is 0 Å². The Kier molecular flexibility index (Phi) is 4.78. The van der Waals surface area contributed by atoms with E-state index in [1.165, 1.54) is 6.92 Å². The first kappa shape index (κ1) is 13.6. The van der Waals surface area contributed by atoms with E-state index in [-0.39, 0.29) is 22.4 Å². The van der Waals surface area contributed by atoms with E-state index in [9.17, 15) is 9.59 Å². The Morgan fingerprint density at radius 1 is 1.29 bits per heavy atom. The van der Waals surface area contributed by atoms with Crippen LogP contribution in [0.5, 0.6) is 0 Å². The van der Waals surface area contributed by atoms with Gasteiger partial charge >= 0.3 is 0 Å². The number of carbonyl (C=O) groups is 2. The van der Waals surface area contributed by atoms with E-state index in [1.54, 1.807) is 13.8 Å². The van der Waals surface area contributed by atoms with Gasteiger partial charge in [-0.25, -0.2) is 0 Å². The molecule has 0 spiro atoms. The first-order valence-electron chi connectivity index (χ1n) is 4.69. The van der Waals surface area contributed by atoms with Gasteiger partial charge in [0.25, 0.3) is 0 Å². The molecule has 0 aromatic carbocycles. The molecule has 1 N–H and O–H groups in total. The minimum atomic E-state index is -0.765. The number of rotatable bonds is 4. The lowest BCUT2D eigenvalue weighted by atomic mass is 9.85. The van der Waals surface area contributed by atoms with Gasteiger partial charge in [-0.15, -0.1) is 0 Å². The van der Waals surface area contributed by atoms with E-state index in [0.717, 1.165) is 0 Å². The molecule has 0 saturated heterocycles. The second-order valence-electron chi connectivity index (χ2n) is 4.02. The Morgan fingerprint density at radius 3 is 1.93 bits per heavy atom. The molecule has 0 rings (SSSR count). The summed E-state index contributed by atoms with van der Waals surface area (Å²) in [6.45, 7) is 8.82. The van der Waals surface area contributed by atoms with Crippen molar-refractivity contribution in [2.45, 2.75) is 45.0 Å². The van der Waals surface area contributed by atoms with E-state index < -0.39 is 5.54 Å². The number of alkyl halides is 1. The summed E-state index contributed by atoms with van der Waals surface area (Å²) in [6, 6.07) is 0. The number of ketones is 1. The van der Waals surface area contributed by atoms with Crippen LogP contribution in [0.25, 0.3) is 0 Å². The van der Waals surface area contributed by atoms with Crippen molar-refractivity contribution >= 4 is 27.6 Å². The largest absolute Gasteiger partial charge is 0.343 e. The summed E-state index contributed by atoms with van der Waals surface area (Å²) < 4.78 is 0. The maximum Gasteiger partial charge on any atom is 0.234 e. The first-order valence-corrected chi connectivity index (χ1v) is 5.60. The molecule has 0 aliphatic rings. The average molecular weight is 264 g/mol. The van der Waals surface area contributed by atoms with Gasteiger partial charge in [0, 0.05) is 0 Å². The molecule has 0 aliphatic heterocycles. The predicted molar refractivity (Wildman–Crippen MR) is 60.5 cm³/mol. The summed E-state index contributed by atoms with van der Waals surface area (Å²) in [5.41, 5.74) is -0.765. The molecule has 82 valence electrons. The quantitative estimate of drug-likeness (QED) is 0.788. The van der Waals surface area contributed by atoms with Gasteiger partial charge in [0.15, 0.2) is 5.78 Å². The lowest BCUT2D eigenvalue weighted by Crippen LogP contribution is -2.56. The number of halogens is 1. The zero-order valence-corrected chi connectivity index (χ0v) is 10.9. The molecule has 3 nitrogen and oxygen atoms in total. The monoisotopic (exact) mass is 263 g/mol. The summed E-state index contributed by atoms with van der Waals surface area (Å²) in [5, 5.41) is 2.76. The highest BCUT2D eigenvalue weighted by Gasteiger charge is 2.35. The average Bonchev–Trinajstić information content (AvgIpc) is 2.02. The molecule has 0 aliphatic carbocycles. The highest BCUT2D eigenvalue weighted by Crippen LogP contribution is 2.18. The van der Waals surface area contributed by atoms with Crippen molar-refractivity contribution in [1.82, 2.24) is 5.32 Å². The van der Waals surface area contributed by atoms with E-state index in [4.69, 9.17) is 0 Å².